The summed E-state index contributed by atoms with van der Waals surface area (Å²) in [6, 6.07) is 11.1. The predicted octanol–water partition coefficient (Wildman–Crippen LogP) is 2.26. The number of rotatable bonds is 3. The summed E-state index contributed by atoms with van der Waals surface area (Å²) in [6.45, 7) is 3.96. The molecule has 1 aliphatic rings. The minimum absolute atomic E-state index is 0.504. The molecule has 0 bridgehead atoms. The first-order chi connectivity index (χ1) is 8.74. The average Bonchev–Trinajstić information content (AvgIpc) is 2.42. The molecule has 0 aromatic heterocycles. The van der Waals surface area contributed by atoms with Gasteiger partial charge < -0.3 is 5.73 Å². The topological polar surface area (TPSA) is 53.0 Å². The molecule has 1 fully saturated rings. The molecular weight excluding hydrogens is 222 g/mol. The zero-order chi connectivity index (χ0) is 13.0. The highest BCUT2D eigenvalue weighted by Gasteiger charge is 2.26. The largest absolute Gasteiger partial charge is 0.329 e. The fourth-order valence-corrected chi connectivity index (χ4v) is 2.77. The van der Waals surface area contributed by atoms with Crippen molar-refractivity contribution in [3.05, 3.63) is 35.4 Å². The quantitative estimate of drug-likeness (QED) is 0.886. The van der Waals surface area contributed by atoms with Crippen molar-refractivity contribution in [2.45, 2.75) is 44.8 Å². The predicted molar refractivity (Wildman–Crippen MR) is 72.9 cm³/mol. The summed E-state index contributed by atoms with van der Waals surface area (Å²) in [4.78, 5) is 2.50. The van der Waals surface area contributed by atoms with E-state index in [2.05, 4.69) is 17.9 Å². The molecule has 2 unspecified atom stereocenters. The molecule has 1 aromatic carbocycles. The van der Waals surface area contributed by atoms with Crippen LogP contribution in [0.4, 0.5) is 0 Å². The van der Waals surface area contributed by atoms with Gasteiger partial charge in [0.2, 0.25) is 0 Å². The molecule has 2 N–H and O–H groups in total. The van der Waals surface area contributed by atoms with E-state index in [-0.39, 0.29) is 0 Å². The van der Waals surface area contributed by atoms with Crippen molar-refractivity contribution in [1.29, 1.82) is 5.26 Å². The molecule has 0 spiro atoms. The number of nitrogens with zero attached hydrogens (tertiary/aromatic N) is 2. The molecule has 0 radical (unpaired) electrons. The Kier molecular flexibility index (Phi) is 4.35. The molecule has 1 aromatic rings. The Morgan fingerprint density at radius 3 is 2.67 bits per heavy atom. The van der Waals surface area contributed by atoms with Crippen molar-refractivity contribution in [3.63, 3.8) is 0 Å². The van der Waals surface area contributed by atoms with Gasteiger partial charge in [-0.3, -0.25) is 4.90 Å². The monoisotopic (exact) mass is 243 g/mol. The first kappa shape index (κ1) is 13.1. The maximum atomic E-state index is 8.80. The molecule has 3 heteroatoms. The zero-order valence-electron chi connectivity index (χ0n) is 11.0. The molecule has 2 atom stereocenters. The molecule has 1 heterocycles. The lowest BCUT2D eigenvalue weighted by atomic mass is 9.95. The van der Waals surface area contributed by atoms with E-state index in [0.717, 1.165) is 18.7 Å². The summed E-state index contributed by atoms with van der Waals surface area (Å²) >= 11 is 0. The van der Waals surface area contributed by atoms with Crippen molar-refractivity contribution in [3.8, 4) is 6.07 Å². The van der Waals surface area contributed by atoms with E-state index >= 15 is 0 Å². The Balaban J connectivity index is 2.07. The van der Waals surface area contributed by atoms with Gasteiger partial charge in [0.15, 0.2) is 0 Å². The van der Waals surface area contributed by atoms with Gasteiger partial charge in [-0.25, -0.2) is 0 Å². The Labute approximate surface area is 109 Å². The van der Waals surface area contributed by atoms with Crippen LogP contribution in [0, 0.1) is 11.3 Å². The lowest BCUT2D eigenvalue weighted by molar-refractivity contribution is 0.0892. The van der Waals surface area contributed by atoms with E-state index in [1.54, 1.807) is 0 Å². The van der Waals surface area contributed by atoms with Crippen LogP contribution in [0.1, 0.15) is 37.3 Å². The number of hydrogen-bond acceptors (Lipinski definition) is 3. The number of benzene rings is 1. The van der Waals surface area contributed by atoms with Crippen molar-refractivity contribution in [1.82, 2.24) is 4.90 Å². The molecule has 0 aliphatic carbocycles. The maximum Gasteiger partial charge on any atom is 0.0991 e. The Bertz CT molecular complexity index is 418. The standard InChI is InChI=1S/C15H21N3/c1-12-3-2-4-15(10-17)18(12)11-14-7-5-13(9-16)6-8-14/h5-8,12,15H,2-4,10-11,17H2,1H3. The highest BCUT2D eigenvalue weighted by atomic mass is 15.2. The summed E-state index contributed by atoms with van der Waals surface area (Å²) in [6.07, 6.45) is 3.75. The second-order valence-electron chi connectivity index (χ2n) is 5.15. The Morgan fingerprint density at radius 2 is 2.06 bits per heavy atom. The average molecular weight is 243 g/mol. The Morgan fingerprint density at radius 1 is 1.33 bits per heavy atom. The second kappa shape index (κ2) is 5.99. The molecule has 0 amide bonds. The van der Waals surface area contributed by atoms with Crippen molar-refractivity contribution >= 4 is 0 Å². The summed E-state index contributed by atoms with van der Waals surface area (Å²) in [5.74, 6) is 0. The van der Waals surface area contributed by atoms with Crippen LogP contribution in [0.25, 0.3) is 0 Å². The number of piperidine rings is 1. The molecule has 3 nitrogen and oxygen atoms in total. The summed E-state index contributed by atoms with van der Waals surface area (Å²) < 4.78 is 0. The number of nitrogens with two attached hydrogens (primary N) is 1. The molecule has 18 heavy (non-hydrogen) atoms. The van der Waals surface area contributed by atoms with Crippen LogP contribution in [-0.4, -0.2) is 23.5 Å². The number of nitriles is 1. The lowest BCUT2D eigenvalue weighted by Gasteiger charge is -2.40. The van der Waals surface area contributed by atoms with E-state index in [4.69, 9.17) is 11.0 Å². The van der Waals surface area contributed by atoms with Crippen LogP contribution in [0.2, 0.25) is 0 Å². The number of likely N-dealkylation sites (tertiary alicyclic amines) is 1. The first-order valence-electron chi connectivity index (χ1n) is 6.69. The van der Waals surface area contributed by atoms with Crippen LogP contribution in [-0.2, 0) is 6.54 Å². The van der Waals surface area contributed by atoms with Crippen molar-refractivity contribution in [2.75, 3.05) is 6.54 Å². The van der Waals surface area contributed by atoms with E-state index in [1.165, 1.54) is 24.8 Å². The van der Waals surface area contributed by atoms with Crippen LogP contribution in [0.3, 0.4) is 0 Å². The third-order valence-corrected chi connectivity index (χ3v) is 3.91. The fourth-order valence-electron chi connectivity index (χ4n) is 2.77. The van der Waals surface area contributed by atoms with Gasteiger partial charge in [-0.15, -0.1) is 0 Å². The first-order valence-corrected chi connectivity index (χ1v) is 6.69. The van der Waals surface area contributed by atoms with Gasteiger partial charge in [0, 0.05) is 25.2 Å². The van der Waals surface area contributed by atoms with Crippen LogP contribution < -0.4 is 5.73 Å². The molecule has 1 saturated heterocycles. The molecule has 2 rings (SSSR count). The van der Waals surface area contributed by atoms with Crippen LogP contribution in [0.5, 0.6) is 0 Å². The van der Waals surface area contributed by atoms with Crippen molar-refractivity contribution in [2.24, 2.45) is 5.73 Å². The third-order valence-electron chi connectivity index (χ3n) is 3.91. The molecule has 96 valence electrons. The summed E-state index contributed by atoms with van der Waals surface area (Å²) in [5.41, 5.74) is 7.86. The Hall–Kier alpha value is -1.37. The minimum atomic E-state index is 0.504. The second-order valence-corrected chi connectivity index (χ2v) is 5.15. The third kappa shape index (κ3) is 2.90. The van der Waals surface area contributed by atoms with E-state index in [1.807, 2.05) is 24.3 Å². The molecule has 1 aliphatic heterocycles. The van der Waals surface area contributed by atoms with Gasteiger partial charge in [0.05, 0.1) is 11.6 Å². The van der Waals surface area contributed by atoms with E-state index in [9.17, 15) is 0 Å². The van der Waals surface area contributed by atoms with Gasteiger partial charge in [-0.05, 0) is 37.5 Å². The molecular formula is C15H21N3. The van der Waals surface area contributed by atoms with Crippen LogP contribution >= 0.6 is 0 Å². The fraction of sp³-hybridized carbons (Fsp3) is 0.533. The highest BCUT2D eigenvalue weighted by molar-refractivity contribution is 5.31. The van der Waals surface area contributed by atoms with Gasteiger partial charge >= 0.3 is 0 Å². The summed E-state index contributed by atoms with van der Waals surface area (Å²) in [5, 5.41) is 8.80. The van der Waals surface area contributed by atoms with E-state index < -0.39 is 0 Å². The molecule has 0 saturated carbocycles. The number of hydrogen-bond donors (Lipinski definition) is 1. The maximum absolute atomic E-state index is 8.80. The normalized spacial score (nSPS) is 24.7. The van der Waals surface area contributed by atoms with Gasteiger partial charge in [-0.1, -0.05) is 18.6 Å². The SMILES string of the molecule is CC1CCCC(CN)N1Cc1ccc(C#N)cc1. The lowest BCUT2D eigenvalue weighted by Crippen LogP contribution is -2.48. The highest BCUT2D eigenvalue weighted by Crippen LogP contribution is 2.24. The zero-order valence-corrected chi connectivity index (χ0v) is 11.0. The summed E-state index contributed by atoms with van der Waals surface area (Å²) in [7, 11) is 0. The van der Waals surface area contributed by atoms with Gasteiger partial charge in [-0.2, -0.15) is 5.26 Å². The smallest absolute Gasteiger partial charge is 0.0991 e. The van der Waals surface area contributed by atoms with Gasteiger partial charge in [0.25, 0.3) is 0 Å². The minimum Gasteiger partial charge on any atom is -0.329 e. The van der Waals surface area contributed by atoms with Crippen molar-refractivity contribution < 1.29 is 0 Å². The van der Waals surface area contributed by atoms with E-state index in [0.29, 0.717) is 12.1 Å². The van der Waals surface area contributed by atoms with Gasteiger partial charge in [0.1, 0.15) is 0 Å². The van der Waals surface area contributed by atoms with Crippen LogP contribution in [0.15, 0.2) is 24.3 Å².